The van der Waals surface area contributed by atoms with Gasteiger partial charge in [0.2, 0.25) is 0 Å². The second-order valence-corrected chi connectivity index (χ2v) is 9.95. The van der Waals surface area contributed by atoms with E-state index in [1.165, 1.54) is 17.5 Å². The molecule has 0 aliphatic carbocycles. The zero-order chi connectivity index (χ0) is 26.1. The van der Waals surface area contributed by atoms with Gasteiger partial charge in [-0.3, -0.25) is 4.57 Å². The Morgan fingerprint density at radius 1 is 0.947 bits per heavy atom. The fraction of sp³-hybridized carbons (Fsp3) is 0.357. The summed E-state index contributed by atoms with van der Waals surface area (Å²) in [5.41, 5.74) is 3.48. The predicted molar refractivity (Wildman–Crippen MR) is 140 cm³/mol. The van der Waals surface area contributed by atoms with Crippen molar-refractivity contribution < 1.29 is 19.3 Å². The summed E-state index contributed by atoms with van der Waals surface area (Å²) in [4.78, 5) is 20.3. The number of aliphatic hydroxyl groups excluding tert-OH is 1. The smallest absolute Gasteiger partial charge is 0.184 e. The molecule has 0 radical (unpaired) electrons. The van der Waals surface area contributed by atoms with Gasteiger partial charge in [0, 0.05) is 13.1 Å². The monoisotopic (exact) mass is 514 g/mol. The lowest BCUT2D eigenvalue weighted by Crippen LogP contribution is -2.31. The number of rotatable bonds is 8. The number of imidazole rings is 1. The number of fused-ring (bicyclic) bond motifs is 2. The number of aliphatic hydroxyl groups is 1. The van der Waals surface area contributed by atoms with E-state index < -0.39 is 24.2 Å². The Kier molecular flexibility index (Phi) is 6.62. The van der Waals surface area contributed by atoms with Gasteiger partial charge in [0.05, 0.1) is 19.3 Å². The largest absolute Gasteiger partial charge is 0.394 e. The lowest BCUT2D eigenvalue weighted by atomic mass is 10.1. The maximum atomic E-state index is 9.85. The molecule has 196 valence electrons. The molecule has 2 saturated heterocycles. The highest BCUT2D eigenvalue weighted by atomic mass is 16.8. The highest BCUT2D eigenvalue weighted by Crippen LogP contribution is 2.43. The number of hydrogen-bond acceptors (Lipinski definition) is 8. The van der Waals surface area contributed by atoms with Crippen molar-refractivity contribution in [3.8, 4) is 0 Å². The van der Waals surface area contributed by atoms with E-state index in [-0.39, 0.29) is 12.7 Å². The Morgan fingerprint density at radius 3 is 2.26 bits per heavy atom. The van der Waals surface area contributed by atoms with Crippen LogP contribution in [0.2, 0.25) is 0 Å². The number of benzene rings is 2. The SMILES string of the molecule is CC1(C)O[C@@H]2[C@H](O1)[C@@H](CO)O[C@H]2n1cnc2c(/N=C\N(Cc3ccccc3)Cc3ccccc3)ncnc21. The summed E-state index contributed by atoms with van der Waals surface area (Å²) in [6.45, 7) is 4.92. The predicted octanol–water partition coefficient (Wildman–Crippen LogP) is 3.60. The second kappa shape index (κ2) is 10.2. The van der Waals surface area contributed by atoms with E-state index in [1.54, 1.807) is 17.2 Å². The van der Waals surface area contributed by atoms with E-state index >= 15 is 0 Å². The van der Waals surface area contributed by atoms with Crippen molar-refractivity contribution in [1.82, 2.24) is 24.4 Å². The summed E-state index contributed by atoms with van der Waals surface area (Å²) in [6.07, 6.45) is 3.07. The minimum atomic E-state index is -0.771. The van der Waals surface area contributed by atoms with E-state index in [2.05, 4.69) is 44.1 Å². The number of nitrogens with zero attached hydrogens (tertiary/aromatic N) is 6. The van der Waals surface area contributed by atoms with Crippen molar-refractivity contribution in [1.29, 1.82) is 0 Å². The summed E-state index contributed by atoms with van der Waals surface area (Å²) < 4.78 is 20.0. The molecule has 4 heterocycles. The third-order valence-corrected chi connectivity index (χ3v) is 6.72. The van der Waals surface area contributed by atoms with E-state index in [0.717, 1.165) is 0 Å². The molecule has 6 rings (SSSR count). The number of aromatic nitrogens is 4. The molecule has 10 nitrogen and oxygen atoms in total. The summed E-state index contributed by atoms with van der Waals surface area (Å²) in [5.74, 6) is -0.316. The van der Waals surface area contributed by atoms with Crippen LogP contribution in [-0.2, 0) is 27.3 Å². The first-order chi connectivity index (χ1) is 18.5. The molecule has 0 bridgehead atoms. The van der Waals surface area contributed by atoms with Gasteiger partial charge in [0.15, 0.2) is 29.0 Å². The Morgan fingerprint density at radius 2 is 1.61 bits per heavy atom. The number of hydrogen-bond donors (Lipinski definition) is 1. The zero-order valence-corrected chi connectivity index (χ0v) is 21.3. The molecular formula is C28H30N6O4. The van der Waals surface area contributed by atoms with Crippen LogP contribution in [0.25, 0.3) is 11.2 Å². The summed E-state index contributed by atoms with van der Waals surface area (Å²) in [5, 5.41) is 9.85. The topological polar surface area (TPSA) is 107 Å². The number of aliphatic imine (C=N–C) groups is 1. The van der Waals surface area contributed by atoms with Crippen LogP contribution in [0.5, 0.6) is 0 Å². The summed E-state index contributed by atoms with van der Waals surface area (Å²) in [6, 6.07) is 20.5. The van der Waals surface area contributed by atoms with E-state index in [0.29, 0.717) is 30.1 Å². The first-order valence-corrected chi connectivity index (χ1v) is 12.7. The third kappa shape index (κ3) is 4.91. The van der Waals surface area contributed by atoms with Gasteiger partial charge in [0.25, 0.3) is 0 Å². The van der Waals surface area contributed by atoms with Crippen LogP contribution >= 0.6 is 0 Å². The first-order valence-electron chi connectivity index (χ1n) is 12.7. The fourth-order valence-corrected chi connectivity index (χ4v) is 5.06. The molecule has 2 aliphatic heterocycles. The van der Waals surface area contributed by atoms with Gasteiger partial charge >= 0.3 is 0 Å². The minimum Gasteiger partial charge on any atom is -0.394 e. The zero-order valence-electron chi connectivity index (χ0n) is 21.3. The van der Waals surface area contributed by atoms with Crippen LogP contribution in [0.3, 0.4) is 0 Å². The van der Waals surface area contributed by atoms with Crippen LogP contribution in [0, 0.1) is 0 Å². The van der Waals surface area contributed by atoms with Crippen molar-refractivity contribution in [2.24, 2.45) is 4.99 Å². The molecule has 2 aromatic carbocycles. The van der Waals surface area contributed by atoms with Crippen LogP contribution in [0.1, 0.15) is 31.2 Å². The average molecular weight is 515 g/mol. The fourth-order valence-electron chi connectivity index (χ4n) is 5.06. The molecule has 0 unspecified atom stereocenters. The molecular weight excluding hydrogens is 484 g/mol. The maximum absolute atomic E-state index is 9.85. The van der Waals surface area contributed by atoms with Crippen LogP contribution < -0.4 is 0 Å². The van der Waals surface area contributed by atoms with Gasteiger partial charge < -0.3 is 24.2 Å². The van der Waals surface area contributed by atoms with E-state index in [4.69, 9.17) is 19.2 Å². The molecule has 10 heteroatoms. The van der Waals surface area contributed by atoms with E-state index in [1.807, 2.05) is 50.2 Å². The Labute approximate surface area is 220 Å². The lowest BCUT2D eigenvalue weighted by Gasteiger charge is -2.24. The van der Waals surface area contributed by atoms with Gasteiger partial charge in [-0.1, -0.05) is 60.7 Å². The lowest BCUT2D eigenvalue weighted by molar-refractivity contribution is -0.199. The first kappa shape index (κ1) is 24.6. The normalized spacial score (nSPS) is 24.3. The maximum Gasteiger partial charge on any atom is 0.184 e. The van der Waals surface area contributed by atoms with Crippen LogP contribution in [0.4, 0.5) is 5.82 Å². The summed E-state index contributed by atoms with van der Waals surface area (Å²) in [7, 11) is 0. The van der Waals surface area contributed by atoms with Gasteiger partial charge in [-0.25, -0.2) is 19.9 Å². The van der Waals surface area contributed by atoms with Crippen molar-refractivity contribution in [2.45, 2.75) is 57.3 Å². The molecule has 38 heavy (non-hydrogen) atoms. The molecule has 0 saturated carbocycles. The Balaban J connectivity index is 1.29. The molecule has 4 aromatic rings. The molecule has 2 aromatic heterocycles. The Hall–Kier alpha value is -3.70. The van der Waals surface area contributed by atoms with Crippen molar-refractivity contribution in [3.63, 3.8) is 0 Å². The second-order valence-electron chi connectivity index (χ2n) is 9.95. The van der Waals surface area contributed by atoms with Gasteiger partial charge in [-0.05, 0) is 25.0 Å². The minimum absolute atomic E-state index is 0.174. The molecule has 0 amide bonds. The van der Waals surface area contributed by atoms with Crippen molar-refractivity contribution >= 4 is 23.3 Å². The Bertz CT molecular complexity index is 1370. The molecule has 2 fully saturated rings. The summed E-state index contributed by atoms with van der Waals surface area (Å²) >= 11 is 0. The van der Waals surface area contributed by atoms with Crippen molar-refractivity contribution in [2.75, 3.05) is 6.61 Å². The highest BCUT2D eigenvalue weighted by molar-refractivity contribution is 5.83. The quantitative estimate of drug-likeness (QED) is 0.281. The molecule has 1 N–H and O–H groups in total. The average Bonchev–Trinajstić information content (AvgIpc) is 3.59. The standard InChI is InChI=1S/C28H30N6O4/c1-28(2)37-23-21(15-35)36-27(24(23)38-28)34-18-31-22-25(29-16-30-26(22)34)32-17-33(13-19-9-5-3-6-10-19)14-20-11-7-4-8-12-20/h3-12,16-18,21,23-24,27,35H,13-15H2,1-2H3/b32-17-/t21-,23-,24-,27-/m1/s1. The highest BCUT2D eigenvalue weighted by Gasteiger charge is 2.56. The van der Waals surface area contributed by atoms with Crippen molar-refractivity contribution in [3.05, 3.63) is 84.4 Å². The van der Waals surface area contributed by atoms with E-state index in [9.17, 15) is 5.11 Å². The van der Waals surface area contributed by atoms with Crippen LogP contribution in [0.15, 0.2) is 78.3 Å². The molecule has 2 aliphatic rings. The number of ether oxygens (including phenoxy) is 3. The van der Waals surface area contributed by atoms with Crippen LogP contribution in [-0.4, -0.2) is 66.6 Å². The molecule has 4 atom stereocenters. The van der Waals surface area contributed by atoms with Gasteiger partial charge in [0.1, 0.15) is 24.6 Å². The van der Waals surface area contributed by atoms with Gasteiger partial charge in [-0.15, -0.1) is 0 Å². The van der Waals surface area contributed by atoms with Gasteiger partial charge in [-0.2, -0.15) is 0 Å². The molecule has 0 spiro atoms. The third-order valence-electron chi connectivity index (χ3n) is 6.72.